The van der Waals surface area contributed by atoms with Gasteiger partial charge in [0.2, 0.25) is 0 Å². The van der Waals surface area contributed by atoms with Crippen molar-refractivity contribution < 1.29 is 19.1 Å². The molecule has 4 aromatic rings. The smallest absolute Gasteiger partial charge is 0.344 e. The summed E-state index contributed by atoms with van der Waals surface area (Å²) in [5, 5.41) is 2.95. The standard InChI is InChI=1S/C27H28N4O4/c1-27(2,3)35-22(32)17-34-20-11-7-8-18(16-20)12-14-29-26(33)21-13-15-28-25-23(21)30-24(31-25)19-9-5-4-6-10-19/h4-11,13,15-16H,12,14,17H2,1-3H3,(H,29,33)(H,28,30,31). The molecule has 0 unspecified atom stereocenters. The van der Waals surface area contributed by atoms with E-state index in [0.717, 1.165) is 11.1 Å². The lowest BCUT2D eigenvalue weighted by molar-refractivity contribution is -0.157. The van der Waals surface area contributed by atoms with E-state index in [-0.39, 0.29) is 12.5 Å². The fourth-order valence-electron chi connectivity index (χ4n) is 3.55. The minimum absolute atomic E-state index is 0.162. The maximum absolute atomic E-state index is 12.9. The quantitative estimate of drug-likeness (QED) is 0.370. The Kier molecular flexibility index (Phi) is 7.10. The Morgan fingerprint density at radius 2 is 1.83 bits per heavy atom. The average molecular weight is 473 g/mol. The molecule has 2 N–H and O–H groups in total. The number of rotatable bonds is 8. The Labute approximate surface area is 203 Å². The fourth-order valence-corrected chi connectivity index (χ4v) is 3.55. The number of esters is 1. The van der Waals surface area contributed by atoms with Crippen LogP contribution in [0.2, 0.25) is 0 Å². The van der Waals surface area contributed by atoms with E-state index in [1.54, 1.807) is 18.3 Å². The summed E-state index contributed by atoms with van der Waals surface area (Å²) in [4.78, 5) is 36.8. The highest BCUT2D eigenvalue weighted by atomic mass is 16.6. The zero-order valence-electron chi connectivity index (χ0n) is 20.0. The number of aromatic nitrogens is 3. The van der Waals surface area contributed by atoms with Crippen molar-refractivity contribution in [1.82, 2.24) is 20.3 Å². The number of hydrogen-bond acceptors (Lipinski definition) is 6. The van der Waals surface area contributed by atoms with Gasteiger partial charge in [0, 0.05) is 18.3 Å². The first kappa shape index (κ1) is 23.9. The first-order valence-electron chi connectivity index (χ1n) is 11.4. The van der Waals surface area contributed by atoms with E-state index in [0.29, 0.717) is 41.3 Å². The maximum atomic E-state index is 12.9. The number of pyridine rings is 1. The molecule has 0 aliphatic heterocycles. The highest BCUT2D eigenvalue weighted by molar-refractivity contribution is 6.04. The summed E-state index contributed by atoms with van der Waals surface area (Å²) in [6.45, 7) is 5.70. The molecule has 0 spiro atoms. The second-order valence-corrected chi connectivity index (χ2v) is 9.04. The molecule has 4 rings (SSSR count). The Morgan fingerprint density at radius 3 is 2.60 bits per heavy atom. The van der Waals surface area contributed by atoms with Crippen LogP contribution in [0.5, 0.6) is 5.75 Å². The summed E-state index contributed by atoms with van der Waals surface area (Å²) in [6, 6.07) is 18.8. The Bertz CT molecular complexity index is 1330. The number of amides is 1. The van der Waals surface area contributed by atoms with E-state index in [2.05, 4.69) is 20.3 Å². The molecule has 0 bridgehead atoms. The van der Waals surface area contributed by atoms with Crippen LogP contribution < -0.4 is 10.1 Å². The van der Waals surface area contributed by atoms with Gasteiger partial charge in [-0.3, -0.25) is 4.79 Å². The summed E-state index contributed by atoms with van der Waals surface area (Å²) in [6.07, 6.45) is 2.18. The largest absolute Gasteiger partial charge is 0.482 e. The van der Waals surface area contributed by atoms with Crippen molar-refractivity contribution in [3.63, 3.8) is 0 Å². The minimum Gasteiger partial charge on any atom is -0.482 e. The van der Waals surface area contributed by atoms with E-state index in [9.17, 15) is 9.59 Å². The molecule has 0 atom stereocenters. The molecule has 0 saturated carbocycles. The van der Waals surface area contributed by atoms with Crippen molar-refractivity contribution >= 4 is 23.0 Å². The van der Waals surface area contributed by atoms with Crippen LogP contribution in [0.25, 0.3) is 22.6 Å². The molecule has 2 aromatic heterocycles. The van der Waals surface area contributed by atoms with Gasteiger partial charge in [0.15, 0.2) is 12.3 Å². The van der Waals surface area contributed by atoms with Crippen LogP contribution in [0.3, 0.4) is 0 Å². The van der Waals surface area contributed by atoms with E-state index >= 15 is 0 Å². The number of benzene rings is 2. The predicted octanol–water partition coefficient (Wildman–Crippen LogP) is 4.32. The lowest BCUT2D eigenvalue weighted by Gasteiger charge is -2.19. The molecule has 8 nitrogen and oxygen atoms in total. The molecule has 180 valence electrons. The van der Waals surface area contributed by atoms with E-state index in [1.165, 1.54) is 0 Å². The zero-order valence-corrected chi connectivity index (χ0v) is 20.0. The molecule has 0 aliphatic rings. The third-order valence-corrected chi connectivity index (χ3v) is 5.06. The monoisotopic (exact) mass is 472 g/mol. The highest BCUT2D eigenvalue weighted by Gasteiger charge is 2.17. The number of hydrogen-bond donors (Lipinski definition) is 2. The van der Waals surface area contributed by atoms with Gasteiger partial charge in [-0.05, 0) is 51.0 Å². The van der Waals surface area contributed by atoms with Crippen molar-refractivity contribution in [2.75, 3.05) is 13.2 Å². The molecule has 0 fully saturated rings. The van der Waals surface area contributed by atoms with Gasteiger partial charge >= 0.3 is 5.97 Å². The van der Waals surface area contributed by atoms with Crippen molar-refractivity contribution in [2.24, 2.45) is 0 Å². The van der Waals surface area contributed by atoms with E-state index < -0.39 is 11.6 Å². The lowest BCUT2D eigenvalue weighted by atomic mass is 10.1. The number of fused-ring (bicyclic) bond motifs is 1. The number of nitrogens with zero attached hydrogens (tertiary/aromatic N) is 2. The maximum Gasteiger partial charge on any atom is 0.344 e. The molecule has 0 radical (unpaired) electrons. The fraction of sp³-hybridized carbons (Fsp3) is 0.259. The van der Waals surface area contributed by atoms with Crippen LogP contribution in [-0.4, -0.2) is 45.6 Å². The number of H-pyrrole nitrogens is 1. The van der Waals surface area contributed by atoms with Gasteiger partial charge in [-0.2, -0.15) is 0 Å². The first-order chi connectivity index (χ1) is 16.8. The molecule has 0 aliphatic carbocycles. The van der Waals surface area contributed by atoms with Gasteiger partial charge in [-0.1, -0.05) is 42.5 Å². The van der Waals surface area contributed by atoms with Crippen molar-refractivity contribution in [2.45, 2.75) is 32.8 Å². The lowest BCUT2D eigenvalue weighted by Crippen LogP contribution is -2.27. The van der Waals surface area contributed by atoms with E-state index in [4.69, 9.17) is 9.47 Å². The number of nitrogens with one attached hydrogen (secondary N) is 2. The summed E-state index contributed by atoms with van der Waals surface area (Å²) in [5.41, 5.74) is 2.91. The minimum atomic E-state index is -0.555. The first-order valence-corrected chi connectivity index (χ1v) is 11.4. The third-order valence-electron chi connectivity index (χ3n) is 5.06. The molecule has 2 aromatic carbocycles. The Hall–Kier alpha value is -4.20. The summed E-state index contributed by atoms with van der Waals surface area (Å²) in [5.74, 6) is 0.601. The molecule has 1 amide bonds. The van der Waals surface area contributed by atoms with Crippen LogP contribution in [-0.2, 0) is 16.0 Å². The molecular weight excluding hydrogens is 444 g/mol. The van der Waals surface area contributed by atoms with Gasteiger partial charge in [-0.25, -0.2) is 14.8 Å². The zero-order chi connectivity index (χ0) is 24.8. The number of ether oxygens (including phenoxy) is 2. The molecule has 35 heavy (non-hydrogen) atoms. The van der Waals surface area contributed by atoms with Crippen LogP contribution in [0.4, 0.5) is 0 Å². The third kappa shape index (κ3) is 6.44. The summed E-state index contributed by atoms with van der Waals surface area (Å²) < 4.78 is 10.8. The number of carbonyl (C=O) groups excluding carboxylic acids is 2. The van der Waals surface area contributed by atoms with Crippen LogP contribution in [0, 0.1) is 0 Å². The van der Waals surface area contributed by atoms with Crippen molar-refractivity contribution in [1.29, 1.82) is 0 Å². The number of aromatic amines is 1. The van der Waals surface area contributed by atoms with Gasteiger partial charge in [0.05, 0.1) is 11.1 Å². The summed E-state index contributed by atoms with van der Waals surface area (Å²) in [7, 11) is 0. The molecule has 8 heteroatoms. The van der Waals surface area contributed by atoms with Gasteiger partial charge in [-0.15, -0.1) is 0 Å². The average Bonchev–Trinajstić information content (AvgIpc) is 3.27. The van der Waals surface area contributed by atoms with E-state index in [1.807, 2.05) is 69.3 Å². The molecular formula is C27H28N4O4. The second-order valence-electron chi connectivity index (χ2n) is 9.04. The van der Waals surface area contributed by atoms with Gasteiger partial charge in [0.1, 0.15) is 17.2 Å². The normalized spacial score (nSPS) is 11.3. The van der Waals surface area contributed by atoms with Crippen LogP contribution in [0.1, 0.15) is 36.7 Å². The molecule has 2 heterocycles. The second kappa shape index (κ2) is 10.4. The van der Waals surface area contributed by atoms with Gasteiger partial charge < -0.3 is 19.8 Å². The van der Waals surface area contributed by atoms with Crippen LogP contribution in [0.15, 0.2) is 66.9 Å². The number of carbonyl (C=O) groups is 2. The summed E-state index contributed by atoms with van der Waals surface area (Å²) >= 11 is 0. The van der Waals surface area contributed by atoms with Crippen molar-refractivity contribution in [3.8, 4) is 17.1 Å². The Balaban J connectivity index is 1.35. The van der Waals surface area contributed by atoms with Gasteiger partial charge in [0.25, 0.3) is 5.91 Å². The number of imidazole rings is 1. The van der Waals surface area contributed by atoms with Crippen LogP contribution >= 0.6 is 0 Å². The SMILES string of the molecule is CC(C)(C)OC(=O)COc1cccc(CCNC(=O)c2ccnc3nc(-c4ccccc4)[nH]c23)c1. The highest BCUT2D eigenvalue weighted by Crippen LogP contribution is 2.21. The van der Waals surface area contributed by atoms with Crippen molar-refractivity contribution in [3.05, 3.63) is 78.0 Å². The Morgan fingerprint density at radius 1 is 1.03 bits per heavy atom. The predicted molar refractivity (Wildman–Crippen MR) is 133 cm³/mol. The molecule has 0 saturated heterocycles. The topological polar surface area (TPSA) is 106 Å².